The molecule has 3 rings (SSSR count). The molecule has 0 amide bonds. The third kappa shape index (κ3) is 2.98. The fourth-order valence-corrected chi connectivity index (χ4v) is 2.34. The minimum atomic E-state index is -1.03. The average molecular weight is 333 g/mol. The first-order valence-corrected chi connectivity index (χ1v) is 6.75. The zero-order valence-electron chi connectivity index (χ0n) is 12.0. The van der Waals surface area contributed by atoms with Crippen LogP contribution in [0.4, 0.5) is 13.2 Å². The number of aromatic nitrogens is 2. The number of halogens is 3. The van der Waals surface area contributed by atoms with Gasteiger partial charge >= 0.3 is 7.69 Å². The quantitative estimate of drug-likeness (QED) is 0.739. The monoisotopic (exact) mass is 333 g/mol. The molecule has 2 aromatic carbocycles. The summed E-state index contributed by atoms with van der Waals surface area (Å²) in [4.78, 5) is 15.5. The lowest BCUT2D eigenvalue weighted by Crippen LogP contribution is -2.14. The van der Waals surface area contributed by atoms with Crippen LogP contribution in [0.1, 0.15) is 5.56 Å². The second-order valence-electron chi connectivity index (χ2n) is 4.93. The molecule has 3 aromatic rings. The molecule has 1 N–H and O–H groups in total. The molecule has 0 atom stereocenters. The molecule has 24 heavy (non-hydrogen) atoms. The smallest absolute Gasteiger partial charge is 0.537 e. The zero-order valence-corrected chi connectivity index (χ0v) is 12.0. The van der Waals surface area contributed by atoms with Gasteiger partial charge in [-0.3, -0.25) is 4.79 Å². The summed E-state index contributed by atoms with van der Waals surface area (Å²) in [5.41, 5.74) is -0.569. The molecule has 1 radical (unpaired) electrons. The SMILES string of the molecule is O=c1ncn(Cc2c(F)cc(F)cc2F)c2ccc(O[B]O)cc12. The molecule has 0 aliphatic carbocycles. The molecule has 5 nitrogen and oxygen atoms in total. The summed E-state index contributed by atoms with van der Waals surface area (Å²) in [7, 11) is 0.458. The highest BCUT2D eigenvalue weighted by Crippen LogP contribution is 2.21. The Balaban J connectivity index is 2.11. The average Bonchev–Trinajstić information content (AvgIpc) is 2.53. The van der Waals surface area contributed by atoms with Crippen molar-refractivity contribution in [2.24, 2.45) is 0 Å². The Morgan fingerprint density at radius 1 is 1.17 bits per heavy atom. The normalized spacial score (nSPS) is 10.8. The summed E-state index contributed by atoms with van der Waals surface area (Å²) < 4.78 is 46.7. The highest BCUT2D eigenvalue weighted by Gasteiger charge is 2.14. The van der Waals surface area contributed by atoms with Crippen molar-refractivity contribution < 1.29 is 22.8 Å². The molecule has 0 fully saturated rings. The molecule has 9 heteroatoms. The standard InChI is InChI=1S/C15H9BF3N2O3/c17-8-3-12(18)11(13(19)4-8)6-21-7-20-15(22)10-5-9(24-16-23)1-2-14(10)21/h1-5,7,23H,6H2. The first kappa shape index (κ1) is 16.1. The van der Waals surface area contributed by atoms with E-state index in [2.05, 4.69) is 4.98 Å². The Morgan fingerprint density at radius 3 is 2.54 bits per heavy atom. The lowest BCUT2D eigenvalue weighted by Gasteiger charge is -2.12. The Labute approximate surface area is 134 Å². The number of hydrogen-bond acceptors (Lipinski definition) is 4. The van der Waals surface area contributed by atoms with E-state index in [0.29, 0.717) is 25.3 Å². The van der Waals surface area contributed by atoms with Gasteiger partial charge in [0.05, 0.1) is 23.8 Å². The predicted molar refractivity (Wildman–Crippen MR) is 80.0 cm³/mol. The summed E-state index contributed by atoms with van der Waals surface area (Å²) >= 11 is 0. The highest BCUT2D eigenvalue weighted by atomic mass is 19.1. The van der Waals surface area contributed by atoms with Crippen molar-refractivity contribution in [2.75, 3.05) is 0 Å². The number of hydrogen-bond donors (Lipinski definition) is 1. The van der Waals surface area contributed by atoms with Gasteiger partial charge in [-0.05, 0) is 18.2 Å². The van der Waals surface area contributed by atoms with E-state index >= 15 is 0 Å². The van der Waals surface area contributed by atoms with E-state index in [0.717, 1.165) is 6.33 Å². The summed E-state index contributed by atoms with van der Waals surface area (Å²) in [5, 5.41) is 8.77. The van der Waals surface area contributed by atoms with Crippen molar-refractivity contribution >= 4 is 18.6 Å². The molecule has 1 aromatic heterocycles. The van der Waals surface area contributed by atoms with Crippen molar-refractivity contribution in [1.82, 2.24) is 9.55 Å². The number of nitrogens with zero attached hydrogens (tertiary/aromatic N) is 2. The summed E-state index contributed by atoms with van der Waals surface area (Å²) in [6.07, 6.45) is 1.14. The first-order valence-electron chi connectivity index (χ1n) is 6.75. The Bertz CT molecular complexity index is 955. The third-order valence-corrected chi connectivity index (χ3v) is 3.45. The summed E-state index contributed by atoms with van der Waals surface area (Å²) in [6.45, 7) is -0.284. The van der Waals surface area contributed by atoms with Gasteiger partial charge in [-0.2, -0.15) is 4.98 Å². The van der Waals surface area contributed by atoms with Crippen LogP contribution in [0.25, 0.3) is 10.9 Å². The third-order valence-electron chi connectivity index (χ3n) is 3.45. The molecule has 0 spiro atoms. The minimum absolute atomic E-state index is 0.139. The number of fused-ring (bicyclic) bond motifs is 1. The lowest BCUT2D eigenvalue weighted by atomic mass is 10.1. The van der Waals surface area contributed by atoms with Crippen LogP contribution >= 0.6 is 0 Å². The first-order chi connectivity index (χ1) is 11.5. The van der Waals surface area contributed by atoms with Crippen molar-refractivity contribution in [3.05, 3.63) is 70.0 Å². The Hall–Kier alpha value is -2.81. The van der Waals surface area contributed by atoms with E-state index in [1.807, 2.05) is 0 Å². The molecule has 121 valence electrons. The summed E-state index contributed by atoms with van der Waals surface area (Å²) in [5.74, 6) is -2.89. The van der Waals surface area contributed by atoms with Gasteiger partial charge in [-0.15, -0.1) is 0 Å². The largest absolute Gasteiger partial charge is 0.569 e. The molecule has 1 heterocycles. The predicted octanol–water partition coefficient (Wildman–Crippen LogP) is 1.77. The van der Waals surface area contributed by atoms with Crippen molar-refractivity contribution in [3.8, 4) is 5.75 Å². The van der Waals surface area contributed by atoms with Gasteiger partial charge in [0, 0.05) is 17.7 Å². The number of rotatable bonds is 4. The van der Waals surface area contributed by atoms with Crippen LogP contribution in [0, 0.1) is 17.5 Å². The molecule has 0 unspecified atom stereocenters. The fraction of sp³-hybridized carbons (Fsp3) is 0.0667. The summed E-state index contributed by atoms with van der Waals surface area (Å²) in [6, 6.07) is 5.45. The van der Waals surface area contributed by atoms with Crippen molar-refractivity contribution in [3.63, 3.8) is 0 Å². The van der Waals surface area contributed by atoms with Crippen LogP contribution in [0.2, 0.25) is 0 Å². The zero-order chi connectivity index (χ0) is 17.3. The molecular formula is C15H9BF3N2O3. The maximum Gasteiger partial charge on any atom is 0.569 e. The molecular weight excluding hydrogens is 324 g/mol. The maximum atomic E-state index is 13.8. The van der Waals surface area contributed by atoms with E-state index < -0.39 is 23.0 Å². The van der Waals surface area contributed by atoms with Gasteiger partial charge in [-0.25, -0.2) is 13.2 Å². The van der Waals surface area contributed by atoms with E-state index in [-0.39, 0.29) is 23.2 Å². The van der Waals surface area contributed by atoms with Gasteiger partial charge in [0.1, 0.15) is 23.2 Å². The molecule has 0 aliphatic heterocycles. The van der Waals surface area contributed by atoms with Crippen LogP contribution in [-0.2, 0) is 6.54 Å². The van der Waals surface area contributed by atoms with Crippen LogP contribution in [-0.4, -0.2) is 22.3 Å². The van der Waals surface area contributed by atoms with E-state index in [1.165, 1.54) is 22.8 Å². The van der Waals surface area contributed by atoms with Crippen LogP contribution in [0.3, 0.4) is 0 Å². The highest BCUT2D eigenvalue weighted by molar-refractivity contribution is 6.17. The van der Waals surface area contributed by atoms with Crippen molar-refractivity contribution in [1.29, 1.82) is 0 Å². The lowest BCUT2D eigenvalue weighted by molar-refractivity contribution is 0.454. The molecule has 0 aliphatic rings. The number of benzene rings is 2. The second kappa shape index (κ2) is 6.36. The van der Waals surface area contributed by atoms with E-state index in [4.69, 9.17) is 9.68 Å². The van der Waals surface area contributed by atoms with E-state index in [9.17, 15) is 18.0 Å². The minimum Gasteiger partial charge on any atom is -0.537 e. The van der Waals surface area contributed by atoms with E-state index in [1.54, 1.807) is 0 Å². The van der Waals surface area contributed by atoms with Crippen LogP contribution in [0.5, 0.6) is 5.75 Å². The Morgan fingerprint density at radius 2 is 1.88 bits per heavy atom. The molecule has 0 saturated heterocycles. The fourth-order valence-electron chi connectivity index (χ4n) is 2.34. The van der Waals surface area contributed by atoms with Gasteiger partial charge in [0.25, 0.3) is 5.56 Å². The Kier molecular flexibility index (Phi) is 4.26. The maximum absolute atomic E-state index is 13.8. The van der Waals surface area contributed by atoms with Crippen molar-refractivity contribution in [2.45, 2.75) is 6.54 Å². The van der Waals surface area contributed by atoms with Gasteiger partial charge in [0.2, 0.25) is 0 Å². The molecule has 0 bridgehead atoms. The van der Waals surface area contributed by atoms with Gasteiger partial charge in [-0.1, -0.05) is 0 Å². The van der Waals surface area contributed by atoms with Crippen LogP contribution < -0.4 is 10.2 Å². The second-order valence-corrected chi connectivity index (χ2v) is 4.93. The van der Waals surface area contributed by atoms with Crippen LogP contribution in [0.15, 0.2) is 41.5 Å². The van der Waals surface area contributed by atoms with Gasteiger partial charge in [0.15, 0.2) is 0 Å². The topological polar surface area (TPSA) is 64.4 Å². The molecule has 0 saturated carbocycles. The van der Waals surface area contributed by atoms with Gasteiger partial charge < -0.3 is 14.2 Å².